The van der Waals surface area contributed by atoms with Crippen LogP contribution < -0.4 is 20.7 Å². The number of anilines is 2. The van der Waals surface area contributed by atoms with Crippen molar-refractivity contribution >= 4 is 45.8 Å². The van der Waals surface area contributed by atoms with Gasteiger partial charge in [0.1, 0.15) is 28.9 Å². The summed E-state index contributed by atoms with van der Waals surface area (Å²) in [6.07, 6.45) is 3.15. The molecule has 35 heavy (non-hydrogen) atoms. The van der Waals surface area contributed by atoms with E-state index in [0.29, 0.717) is 34.7 Å². The maximum absolute atomic E-state index is 13.4. The average Bonchev–Trinajstić information content (AvgIpc) is 3.18. The number of hydrogen-bond donors (Lipinski definition) is 3. The number of hydrogen-bond acceptors (Lipinski definition) is 6. The minimum atomic E-state index is -0.475. The van der Waals surface area contributed by atoms with E-state index < -0.39 is 5.82 Å². The summed E-state index contributed by atoms with van der Waals surface area (Å²) in [7, 11) is 1.80. The van der Waals surface area contributed by atoms with Crippen molar-refractivity contribution in [3.63, 3.8) is 0 Å². The number of nitrogens with one attached hydrogen (secondary N) is 3. The predicted octanol–water partition coefficient (Wildman–Crippen LogP) is 3.63. The fourth-order valence-electron chi connectivity index (χ4n) is 3.88. The zero-order valence-electron chi connectivity index (χ0n) is 18.6. The highest BCUT2D eigenvalue weighted by Gasteiger charge is 2.19. The van der Waals surface area contributed by atoms with E-state index in [1.165, 1.54) is 12.4 Å². The lowest BCUT2D eigenvalue weighted by atomic mass is 10.1. The Morgan fingerprint density at radius 3 is 2.83 bits per heavy atom. The van der Waals surface area contributed by atoms with Crippen molar-refractivity contribution in [3.05, 3.63) is 76.6 Å². The Morgan fingerprint density at radius 2 is 2.00 bits per heavy atom. The molecule has 3 heterocycles. The molecule has 2 amide bonds. The van der Waals surface area contributed by atoms with Crippen molar-refractivity contribution in [1.29, 1.82) is 0 Å². The van der Waals surface area contributed by atoms with Gasteiger partial charge in [0.2, 0.25) is 0 Å². The molecule has 178 valence electrons. The van der Waals surface area contributed by atoms with Crippen LogP contribution in [0.2, 0.25) is 5.02 Å². The standard InChI is InChI=1S/C24H20ClFN6O3/c1-32-10-18(27-8-13-2-4-16(26)15(25)6-13)21-23(32)22(30-12-29-21)24(34)28-9-14-3-5-19-17(7-14)31-20(33)11-35-19/h2-7,10,12,27H,8-9,11H2,1H3,(H,28,34)(H,31,33). The van der Waals surface area contributed by atoms with E-state index in [1.54, 1.807) is 35.9 Å². The molecule has 9 nitrogen and oxygen atoms in total. The van der Waals surface area contributed by atoms with E-state index in [0.717, 1.165) is 11.1 Å². The predicted molar refractivity (Wildman–Crippen MR) is 129 cm³/mol. The van der Waals surface area contributed by atoms with Crippen LogP contribution in [0, 0.1) is 5.82 Å². The van der Waals surface area contributed by atoms with Gasteiger partial charge in [-0.15, -0.1) is 0 Å². The molecule has 2 aromatic carbocycles. The van der Waals surface area contributed by atoms with E-state index in [1.807, 2.05) is 12.3 Å². The van der Waals surface area contributed by atoms with Gasteiger partial charge >= 0.3 is 0 Å². The largest absolute Gasteiger partial charge is 0.482 e. The molecule has 0 bridgehead atoms. The number of carbonyl (C=O) groups is 2. The summed E-state index contributed by atoms with van der Waals surface area (Å²) < 4.78 is 20.6. The van der Waals surface area contributed by atoms with Gasteiger partial charge in [0.25, 0.3) is 11.8 Å². The summed E-state index contributed by atoms with van der Waals surface area (Å²) >= 11 is 5.87. The molecule has 2 aromatic heterocycles. The highest BCUT2D eigenvalue weighted by atomic mass is 35.5. The zero-order valence-corrected chi connectivity index (χ0v) is 19.3. The van der Waals surface area contributed by atoms with Gasteiger partial charge in [0.05, 0.1) is 16.4 Å². The lowest BCUT2D eigenvalue weighted by Gasteiger charge is -2.18. The van der Waals surface area contributed by atoms with Crippen molar-refractivity contribution in [2.75, 3.05) is 17.2 Å². The SMILES string of the molecule is Cn1cc(NCc2ccc(F)c(Cl)c2)c2ncnc(C(=O)NCc3ccc4c(c3)NC(=O)CO4)c21. The topological polar surface area (TPSA) is 110 Å². The second kappa shape index (κ2) is 9.22. The third-order valence-electron chi connectivity index (χ3n) is 5.56. The van der Waals surface area contributed by atoms with E-state index in [9.17, 15) is 14.0 Å². The van der Waals surface area contributed by atoms with Crippen LogP contribution in [0.25, 0.3) is 11.0 Å². The van der Waals surface area contributed by atoms with Crippen molar-refractivity contribution in [2.24, 2.45) is 7.05 Å². The van der Waals surface area contributed by atoms with E-state index in [-0.39, 0.29) is 35.7 Å². The first-order valence-corrected chi connectivity index (χ1v) is 11.1. The third kappa shape index (κ3) is 4.60. The minimum absolute atomic E-state index is 0.0159. The molecule has 11 heteroatoms. The van der Waals surface area contributed by atoms with Gasteiger partial charge in [-0.05, 0) is 35.4 Å². The van der Waals surface area contributed by atoms with Crippen LogP contribution in [0.5, 0.6) is 5.75 Å². The number of rotatable bonds is 6. The zero-order chi connectivity index (χ0) is 24.5. The molecule has 0 saturated heterocycles. The van der Waals surface area contributed by atoms with Crippen LogP contribution in [0.4, 0.5) is 15.8 Å². The fraction of sp³-hybridized carbons (Fsp3) is 0.167. The van der Waals surface area contributed by atoms with Crippen LogP contribution in [0.3, 0.4) is 0 Å². The first-order chi connectivity index (χ1) is 16.9. The smallest absolute Gasteiger partial charge is 0.272 e. The Labute approximate surface area is 204 Å². The highest BCUT2D eigenvalue weighted by molar-refractivity contribution is 6.30. The van der Waals surface area contributed by atoms with Crippen LogP contribution >= 0.6 is 11.6 Å². The van der Waals surface area contributed by atoms with Crippen LogP contribution in [-0.2, 0) is 24.9 Å². The number of fused-ring (bicyclic) bond motifs is 2. The van der Waals surface area contributed by atoms with Gasteiger partial charge < -0.3 is 25.3 Å². The van der Waals surface area contributed by atoms with Crippen molar-refractivity contribution in [1.82, 2.24) is 19.9 Å². The van der Waals surface area contributed by atoms with Gasteiger partial charge in [-0.1, -0.05) is 23.7 Å². The number of nitrogens with zero attached hydrogens (tertiary/aromatic N) is 3. The van der Waals surface area contributed by atoms with Crippen LogP contribution in [0.15, 0.2) is 48.9 Å². The minimum Gasteiger partial charge on any atom is -0.482 e. The summed E-state index contributed by atoms with van der Waals surface area (Å²) in [5.74, 6) is -0.479. The second-order valence-electron chi connectivity index (χ2n) is 8.03. The number of halogens is 2. The summed E-state index contributed by atoms with van der Waals surface area (Å²) in [5, 5.41) is 8.93. The molecular formula is C24H20ClFN6O3. The van der Waals surface area contributed by atoms with E-state index >= 15 is 0 Å². The molecule has 3 N–H and O–H groups in total. The third-order valence-corrected chi connectivity index (χ3v) is 5.85. The number of aromatic nitrogens is 3. The summed E-state index contributed by atoms with van der Waals surface area (Å²) in [6.45, 7) is 0.607. The summed E-state index contributed by atoms with van der Waals surface area (Å²) in [5.41, 5.74) is 4.23. The van der Waals surface area contributed by atoms with Gasteiger partial charge in [-0.2, -0.15) is 0 Å². The molecule has 0 fully saturated rings. The van der Waals surface area contributed by atoms with E-state index in [2.05, 4.69) is 25.9 Å². The van der Waals surface area contributed by atoms with Crippen molar-refractivity contribution < 1.29 is 18.7 Å². The number of carbonyl (C=O) groups excluding carboxylic acids is 2. The highest BCUT2D eigenvalue weighted by Crippen LogP contribution is 2.29. The van der Waals surface area contributed by atoms with Crippen LogP contribution in [-0.4, -0.2) is 33.0 Å². The Hall–Kier alpha value is -4.18. The summed E-state index contributed by atoms with van der Waals surface area (Å²) in [6, 6.07) is 9.85. The average molecular weight is 495 g/mol. The van der Waals surface area contributed by atoms with Gasteiger partial charge in [0, 0.05) is 26.3 Å². The molecule has 0 unspecified atom stereocenters. The Morgan fingerprint density at radius 1 is 1.20 bits per heavy atom. The molecule has 1 aliphatic rings. The molecule has 0 saturated carbocycles. The lowest BCUT2D eigenvalue weighted by Crippen LogP contribution is -2.26. The summed E-state index contributed by atoms with van der Waals surface area (Å²) in [4.78, 5) is 33.1. The fourth-order valence-corrected chi connectivity index (χ4v) is 4.08. The molecule has 0 spiro atoms. The molecule has 5 rings (SSSR count). The Balaban J connectivity index is 1.32. The molecule has 0 radical (unpaired) electrons. The number of amides is 2. The number of aryl methyl sites for hydroxylation is 1. The van der Waals surface area contributed by atoms with Gasteiger partial charge in [0.15, 0.2) is 12.3 Å². The molecule has 0 aliphatic carbocycles. The molecule has 1 aliphatic heterocycles. The van der Waals surface area contributed by atoms with Gasteiger partial charge in [-0.3, -0.25) is 9.59 Å². The van der Waals surface area contributed by atoms with Crippen molar-refractivity contribution in [3.8, 4) is 5.75 Å². The van der Waals surface area contributed by atoms with Crippen molar-refractivity contribution in [2.45, 2.75) is 13.1 Å². The van der Waals surface area contributed by atoms with Gasteiger partial charge in [-0.25, -0.2) is 14.4 Å². The maximum atomic E-state index is 13.4. The second-order valence-corrected chi connectivity index (χ2v) is 8.43. The number of benzene rings is 2. The lowest BCUT2D eigenvalue weighted by molar-refractivity contribution is -0.118. The maximum Gasteiger partial charge on any atom is 0.272 e. The van der Waals surface area contributed by atoms with Crippen LogP contribution in [0.1, 0.15) is 21.6 Å². The monoisotopic (exact) mass is 494 g/mol. The number of ether oxygens (including phenoxy) is 1. The quantitative estimate of drug-likeness (QED) is 0.377. The molecular weight excluding hydrogens is 475 g/mol. The van der Waals surface area contributed by atoms with E-state index in [4.69, 9.17) is 16.3 Å². The Bertz CT molecular complexity index is 1470. The molecule has 4 aromatic rings. The first-order valence-electron chi connectivity index (χ1n) is 10.7. The molecule has 0 atom stereocenters. The Kier molecular flexibility index (Phi) is 5.96. The first kappa shape index (κ1) is 22.6. The normalized spacial score (nSPS) is 12.6.